The number of urea groups is 1. The van der Waals surface area contributed by atoms with E-state index in [2.05, 4.69) is 12.2 Å². The van der Waals surface area contributed by atoms with E-state index in [1.807, 2.05) is 0 Å². The van der Waals surface area contributed by atoms with Crippen molar-refractivity contribution < 1.29 is 14.3 Å². The lowest BCUT2D eigenvalue weighted by atomic mass is 10.1. The third-order valence-electron chi connectivity index (χ3n) is 3.26. The van der Waals surface area contributed by atoms with Crippen molar-refractivity contribution in [3.05, 3.63) is 29.3 Å². The number of rotatable bonds is 7. The van der Waals surface area contributed by atoms with Gasteiger partial charge in [-0.05, 0) is 30.7 Å². The molecule has 0 aliphatic heterocycles. The van der Waals surface area contributed by atoms with Gasteiger partial charge in [0.25, 0.3) is 0 Å². The second-order valence-corrected chi connectivity index (χ2v) is 5.60. The van der Waals surface area contributed by atoms with Gasteiger partial charge in [-0.25, -0.2) is 4.79 Å². The van der Waals surface area contributed by atoms with Crippen LogP contribution >= 0.6 is 11.6 Å². The third kappa shape index (κ3) is 5.93. The quantitative estimate of drug-likeness (QED) is 0.776. The fourth-order valence-electron chi connectivity index (χ4n) is 1.97. The molecule has 1 N–H and O–H groups in total. The lowest BCUT2D eigenvalue weighted by Gasteiger charge is -2.25. The predicted octanol–water partition coefficient (Wildman–Crippen LogP) is 3.78. The Balaban J connectivity index is 2.70. The maximum Gasteiger partial charge on any atom is 0.321 e. The van der Waals surface area contributed by atoms with Gasteiger partial charge >= 0.3 is 12.0 Å². The van der Waals surface area contributed by atoms with Gasteiger partial charge in [0, 0.05) is 23.8 Å². The number of halogens is 1. The Kier molecular flexibility index (Phi) is 7.74. The Hall–Kier alpha value is -1.75. The number of methoxy groups -OCH3 is 1. The van der Waals surface area contributed by atoms with Crippen LogP contribution < -0.4 is 5.32 Å². The topological polar surface area (TPSA) is 58.6 Å². The van der Waals surface area contributed by atoms with Crippen LogP contribution in [0, 0.1) is 5.92 Å². The van der Waals surface area contributed by atoms with Crippen molar-refractivity contribution in [1.29, 1.82) is 0 Å². The highest BCUT2D eigenvalue weighted by atomic mass is 35.5. The number of nitrogens with zero attached hydrogens (tertiary/aromatic N) is 1. The maximum atomic E-state index is 12.4. The molecule has 2 amide bonds. The number of unbranched alkanes of at least 4 members (excludes halogenated alkanes) is 1. The van der Waals surface area contributed by atoms with Gasteiger partial charge in [-0.2, -0.15) is 0 Å². The van der Waals surface area contributed by atoms with E-state index in [4.69, 9.17) is 16.3 Å². The normalized spacial score (nSPS) is 11.6. The molecular formula is C16H23ClN2O3. The molecule has 122 valence electrons. The second-order valence-electron chi connectivity index (χ2n) is 5.16. The number of hydrogen-bond donors (Lipinski definition) is 1. The molecule has 6 heteroatoms. The molecule has 5 nitrogen and oxygen atoms in total. The van der Waals surface area contributed by atoms with E-state index in [1.165, 1.54) is 7.11 Å². The van der Waals surface area contributed by atoms with E-state index in [-0.39, 0.29) is 17.9 Å². The smallest absolute Gasteiger partial charge is 0.321 e. The van der Waals surface area contributed by atoms with Gasteiger partial charge in [0.2, 0.25) is 0 Å². The van der Waals surface area contributed by atoms with Gasteiger partial charge in [-0.15, -0.1) is 0 Å². The van der Waals surface area contributed by atoms with Gasteiger partial charge in [-0.3, -0.25) is 4.79 Å². The van der Waals surface area contributed by atoms with Crippen molar-refractivity contribution in [3.63, 3.8) is 0 Å². The first kappa shape index (κ1) is 18.3. The predicted molar refractivity (Wildman–Crippen MR) is 88.1 cm³/mol. The first-order valence-corrected chi connectivity index (χ1v) is 7.75. The summed E-state index contributed by atoms with van der Waals surface area (Å²) in [6.07, 6.45) is 1.85. The Morgan fingerprint density at radius 3 is 2.50 bits per heavy atom. The third-order valence-corrected chi connectivity index (χ3v) is 3.51. The Morgan fingerprint density at radius 2 is 1.95 bits per heavy atom. The largest absolute Gasteiger partial charge is 0.469 e. The van der Waals surface area contributed by atoms with Gasteiger partial charge in [0.15, 0.2) is 0 Å². The molecule has 22 heavy (non-hydrogen) atoms. The summed E-state index contributed by atoms with van der Waals surface area (Å²) in [7, 11) is 1.35. The van der Waals surface area contributed by atoms with E-state index in [0.29, 0.717) is 23.8 Å². The van der Waals surface area contributed by atoms with Gasteiger partial charge < -0.3 is 15.0 Å². The van der Waals surface area contributed by atoms with Crippen LogP contribution in [-0.4, -0.2) is 37.1 Å². The zero-order valence-electron chi connectivity index (χ0n) is 13.3. The molecular weight excluding hydrogens is 304 g/mol. The van der Waals surface area contributed by atoms with E-state index >= 15 is 0 Å². The lowest BCUT2D eigenvalue weighted by molar-refractivity contribution is -0.145. The summed E-state index contributed by atoms with van der Waals surface area (Å²) in [5, 5.41) is 3.43. The standard InChI is InChI=1S/C16H23ClN2O3/c1-4-5-10-19(11-12(2)15(20)22-3)16(21)18-14-8-6-13(17)7-9-14/h6-9,12H,4-5,10-11H2,1-3H3,(H,18,21). The highest BCUT2D eigenvalue weighted by Gasteiger charge is 2.21. The molecule has 1 rings (SSSR count). The average molecular weight is 327 g/mol. The minimum Gasteiger partial charge on any atom is -0.469 e. The molecule has 0 radical (unpaired) electrons. The molecule has 0 aromatic heterocycles. The number of esters is 1. The molecule has 1 aromatic carbocycles. The van der Waals surface area contributed by atoms with Crippen LogP contribution in [0.1, 0.15) is 26.7 Å². The zero-order valence-corrected chi connectivity index (χ0v) is 14.0. The van der Waals surface area contributed by atoms with Crippen LogP contribution in [0.15, 0.2) is 24.3 Å². The number of anilines is 1. The summed E-state index contributed by atoms with van der Waals surface area (Å²) in [5.74, 6) is -0.682. The number of ether oxygens (including phenoxy) is 1. The molecule has 0 heterocycles. The molecule has 1 atom stereocenters. The Labute approximate surface area is 136 Å². The van der Waals surface area contributed by atoms with Gasteiger partial charge in [-0.1, -0.05) is 31.9 Å². The molecule has 0 aliphatic rings. The number of benzene rings is 1. The van der Waals surface area contributed by atoms with Crippen LogP contribution in [0.4, 0.5) is 10.5 Å². The highest BCUT2D eigenvalue weighted by Crippen LogP contribution is 2.14. The summed E-state index contributed by atoms with van der Waals surface area (Å²) >= 11 is 5.82. The van der Waals surface area contributed by atoms with Crippen LogP contribution in [-0.2, 0) is 9.53 Å². The van der Waals surface area contributed by atoms with Crippen molar-refractivity contribution in [2.24, 2.45) is 5.92 Å². The average Bonchev–Trinajstić information content (AvgIpc) is 2.52. The fourth-order valence-corrected chi connectivity index (χ4v) is 2.09. The van der Waals surface area contributed by atoms with Crippen molar-refractivity contribution in [3.8, 4) is 0 Å². The van der Waals surface area contributed by atoms with Crippen molar-refractivity contribution in [1.82, 2.24) is 4.90 Å². The van der Waals surface area contributed by atoms with E-state index < -0.39 is 0 Å². The number of carbonyl (C=O) groups excluding carboxylic acids is 2. The summed E-state index contributed by atoms with van der Waals surface area (Å²) < 4.78 is 4.72. The summed E-state index contributed by atoms with van der Waals surface area (Å²) in [4.78, 5) is 25.6. The number of carbonyl (C=O) groups is 2. The minimum absolute atomic E-state index is 0.230. The Bertz CT molecular complexity index is 491. The number of amides is 2. The van der Waals surface area contributed by atoms with E-state index in [9.17, 15) is 9.59 Å². The van der Waals surface area contributed by atoms with Gasteiger partial charge in [0.1, 0.15) is 0 Å². The first-order chi connectivity index (χ1) is 10.5. The van der Waals surface area contributed by atoms with Crippen molar-refractivity contribution in [2.75, 3.05) is 25.5 Å². The SMILES string of the molecule is CCCCN(CC(C)C(=O)OC)C(=O)Nc1ccc(Cl)cc1. The summed E-state index contributed by atoms with van der Waals surface area (Å²) in [6.45, 7) is 4.72. The highest BCUT2D eigenvalue weighted by molar-refractivity contribution is 6.30. The van der Waals surface area contributed by atoms with Crippen molar-refractivity contribution >= 4 is 29.3 Å². The number of hydrogen-bond acceptors (Lipinski definition) is 3. The first-order valence-electron chi connectivity index (χ1n) is 7.37. The molecule has 1 aromatic rings. The van der Waals surface area contributed by atoms with E-state index in [0.717, 1.165) is 12.8 Å². The fraction of sp³-hybridized carbons (Fsp3) is 0.500. The van der Waals surface area contributed by atoms with Crippen molar-refractivity contribution in [2.45, 2.75) is 26.7 Å². The molecule has 0 saturated carbocycles. The van der Waals surface area contributed by atoms with Crippen LogP contribution in [0.5, 0.6) is 0 Å². The molecule has 0 fully saturated rings. The van der Waals surface area contributed by atoms with E-state index in [1.54, 1.807) is 36.1 Å². The molecule has 1 unspecified atom stereocenters. The molecule has 0 saturated heterocycles. The second kappa shape index (κ2) is 9.30. The van der Waals surface area contributed by atoms with Crippen LogP contribution in [0.25, 0.3) is 0 Å². The molecule has 0 aliphatic carbocycles. The monoisotopic (exact) mass is 326 g/mol. The Morgan fingerprint density at radius 1 is 1.32 bits per heavy atom. The van der Waals surface area contributed by atoms with Crippen LogP contribution in [0.3, 0.4) is 0 Å². The maximum absolute atomic E-state index is 12.4. The molecule has 0 bridgehead atoms. The molecule has 0 spiro atoms. The minimum atomic E-state index is -0.363. The summed E-state index contributed by atoms with van der Waals surface area (Å²) in [5.41, 5.74) is 0.668. The number of nitrogens with one attached hydrogen (secondary N) is 1. The van der Waals surface area contributed by atoms with Gasteiger partial charge in [0.05, 0.1) is 13.0 Å². The zero-order chi connectivity index (χ0) is 16.5. The van der Waals surface area contributed by atoms with Crippen LogP contribution in [0.2, 0.25) is 5.02 Å². The summed E-state index contributed by atoms with van der Waals surface area (Å²) in [6, 6.07) is 6.67. The lowest BCUT2D eigenvalue weighted by Crippen LogP contribution is -2.40.